The Morgan fingerprint density at radius 3 is 2.81 bits per heavy atom. The van der Waals surface area contributed by atoms with Gasteiger partial charge in [0.05, 0.1) is 22.5 Å². The number of nitrogens with zero attached hydrogens (tertiary/aromatic N) is 4. The summed E-state index contributed by atoms with van der Waals surface area (Å²) in [4.78, 5) is 27.7. The second-order valence-electron chi connectivity index (χ2n) is 6.29. The van der Waals surface area contributed by atoms with Crippen LogP contribution in [0.1, 0.15) is 11.3 Å². The number of hydrogen-bond acceptors (Lipinski definition) is 7. The zero-order valence-electron chi connectivity index (χ0n) is 16.0. The van der Waals surface area contributed by atoms with E-state index in [0.29, 0.717) is 21.2 Å². The lowest BCUT2D eigenvalue weighted by Gasteiger charge is -2.10. The molecule has 2 aromatic heterocycles. The molecule has 0 radical (unpaired) electrons. The molecule has 2 aromatic carbocycles. The van der Waals surface area contributed by atoms with Crippen LogP contribution >= 0.6 is 38.9 Å². The molecule has 11 heteroatoms. The zero-order chi connectivity index (χ0) is 22.7. The fraction of sp³-hybridized carbons (Fsp3) is 0. The van der Waals surface area contributed by atoms with Crippen LogP contribution in [0.5, 0.6) is 0 Å². The smallest absolute Gasteiger partial charge is 0.400 e. The first-order chi connectivity index (χ1) is 15.4. The van der Waals surface area contributed by atoms with Crippen LogP contribution in [0, 0.1) is 10.1 Å². The number of amides is 1. The molecule has 0 aliphatic heterocycles. The minimum absolute atomic E-state index is 0.119. The maximum atomic E-state index is 13.0. The van der Waals surface area contributed by atoms with Gasteiger partial charge >= 0.3 is 5.88 Å². The number of furan rings is 1. The maximum Gasteiger partial charge on any atom is 0.433 e. The molecule has 160 valence electrons. The van der Waals surface area contributed by atoms with Gasteiger partial charge < -0.3 is 4.42 Å². The van der Waals surface area contributed by atoms with Crippen LogP contribution in [0.4, 0.5) is 11.0 Å². The van der Waals surface area contributed by atoms with Crippen molar-refractivity contribution in [2.45, 2.75) is 0 Å². The van der Waals surface area contributed by atoms with Gasteiger partial charge in [-0.3, -0.25) is 14.9 Å². The molecular formula is C21H12BrClN4O4S. The van der Waals surface area contributed by atoms with Crippen molar-refractivity contribution in [1.82, 2.24) is 4.98 Å². The van der Waals surface area contributed by atoms with Gasteiger partial charge in [-0.05, 0) is 42.0 Å². The summed E-state index contributed by atoms with van der Waals surface area (Å²) in [6.07, 6.45) is 4.12. The number of benzene rings is 2. The second kappa shape index (κ2) is 9.43. The van der Waals surface area contributed by atoms with Gasteiger partial charge in [0.25, 0.3) is 5.91 Å². The average Bonchev–Trinajstić information content (AvgIpc) is 3.40. The zero-order valence-corrected chi connectivity index (χ0v) is 19.2. The number of rotatable bonds is 6. The molecular weight excluding hydrogens is 520 g/mol. The first kappa shape index (κ1) is 21.9. The molecule has 2 heterocycles. The Bertz CT molecular complexity index is 1380. The molecule has 8 nitrogen and oxygen atoms in total. The number of carbonyl (C=O) groups excluding carboxylic acids is 1. The third-order valence-corrected chi connectivity index (χ3v) is 5.96. The van der Waals surface area contributed by atoms with Crippen LogP contribution in [0.3, 0.4) is 0 Å². The Morgan fingerprint density at radius 2 is 2.06 bits per heavy atom. The van der Waals surface area contributed by atoms with Crippen molar-refractivity contribution in [3.63, 3.8) is 0 Å². The summed E-state index contributed by atoms with van der Waals surface area (Å²) in [6.45, 7) is 0. The highest BCUT2D eigenvalue weighted by Crippen LogP contribution is 2.31. The predicted octanol–water partition coefficient (Wildman–Crippen LogP) is 6.29. The van der Waals surface area contributed by atoms with E-state index in [4.69, 9.17) is 16.0 Å². The summed E-state index contributed by atoms with van der Waals surface area (Å²) in [7, 11) is 0. The number of thiazole rings is 1. The molecule has 0 N–H and O–H groups in total. The van der Waals surface area contributed by atoms with Crippen LogP contribution in [0.25, 0.3) is 16.3 Å². The first-order valence-electron chi connectivity index (χ1n) is 9.02. The van der Waals surface area contributed by atoms with Crippen molar-refractivity contribution >= 4 is 78.3 Å². The fourth-order valence-electron chi connectivity index (χ4n) is 2.64. The van der Waals surface area contributed by atoms with Crippen molar-refractivity contribution in [3.8, 4) is 0 Å². The molecule has 0 aliphatic carbocycles. The molecule has 0 spiro atoms. The van der Waals surface area contributed by atoms with Crippen molar-refractivity contribution < 1.29 is 14.1 Å². The van der Waals surface area contributed by atoms with Crippen LogP contribution in [0.2, 0.25) is 5.02 Å². The van der Waals surface area contributed by atoms with Gasteiger partial charge in [0.1, 0.15) is 4.92 Å². The number of nitro groups is 1. The van der Waals surface area contributed by atoms with Crippen LogP contribution < -0.4 is 5.01 Å². The largest absolute Gasteiger partial charge is 0.433 e. The number of hydrogen-bond donors (Lipinski definition) is 0. The molecule has 1 amide bonds. The van der Waals surface area contributed by atoms with Crippen LogP contribution in [-0.4, -0.2) is 22.0 Å². The average molecular weight is 532 g/mol. The Kier molecular flexibility index (Phi) is 6.45. The highest BCUT2D eigenvalue weighted by molar-refractivity contribution is 9.10. The molecule has 0 saturated carbocycles. The molecule has 0 saturated heterocycles. The summed E-state index contributed by atoms with van der Waals surface area (Å²) in [5.74, 6) is -0.790. The van der Waals surface area contributed by atoms with E-state index in [1.807, 2.05) is 18.2 Å². The van der Waals surface area contributed by atoms with Crippen molar-refractivity contribution in [2.75, 3.05) is 5.01 Å². The van der Waals surface area contributed by atoms with Gasteiger partial charge in [-0.2, -0.15) is 10.1 Å². The minimum Gasteiger partial charge on any atom is -0.400 e. The van der Waals surface area contributed by atoms with E-state index in [2.05, 4.69) is 26.0 Å². The van der Waals surface area contributed by atoms with Gasteiger partial charge in [0.2, 0.25) is 5.13 Å². The normalized spacial score (nSPS) is 11.6. The molecule has 4 aromatic rings. The monoisotopic (exact) mass is 530 g/mol. The van der Waals surface area contributed by atoms with E-state index in [1.165, 1.54) is 35.8 Å². The topological polar surface area (TPSA) is 102 Å². The highest BCUT2D eigenvalue weighted by atomic mass is 79.9. The Balaban J connectivity index is 1.69. The summed E-state index contributed by atoms with van der Waals surface area (Å²) in [6, 6.07) is 15.2. The van der Waals surface area contributed by atoms with E-state index < -0.39 is 16.7 Å². The summed E-state index contributed by atoms with van der Waals surface area (Å²) in [5.41, 5.74) is 1.37. The van der Waals surface area contributed by atoms with Crippen LogP contribution in [-0.2, 0) is 4.79 Å². The minimum atomic E-state index is -0.655. The molecule has 32 heavy (non-hydrogen) atoms. The molecule has 0 atom stereocenters. The van der Waals surface area contributed by atoms with Crippen molar-refractivity contribution in [2.24, 2.45) is 5.10 Å². The SMILES string of the molecule is O=C(/C=C/c1ccccc1Cl)N(/N=C/c1ccc([N+](=O)[O-])o1)c1nc2ccc(Br)cc2s1. The maximum absolute atomic E-state index is 13.0. The lowest BCUT2D eigenvalue weighted by molar-refractivity contribution is -0.402. The number of carbonyl (C=O) groups is 1. The quantitative estimate of drug-likeness (QED) is 0.126. The number of fused-ring (bicyclic) bond motifs is 1. The molecule has 0 unspecified atom stereocenters. The van der Waals surface area contributed by atoms with Gasteiger partial charge in [-0.15, -0.1) is 0 Å². The Morgan fingerprint density at radius 1 is 1.25 bits per heavy atom. The standard InChI is InChI=1S/C21H12BrClN4O4S/c22-14-6-8-17-18(11-14)32-21(25-17)26(24-12-15-7-10-20(31-15)27(29)30)19(28)9-5-13-3-1-2-4-16(13)23/h1-12H/b9-5+,24-12+. The van der Waals surface area contributed by atoms with E-state index in [1.54, 1.807) is 30.3 Å². The van der Waals surface area contributed by atoms with E-state index in [-0.39, 0.29) is 5.76 Å². The van der Waals surface area contributed by atoms with Crippen molar-refractivity contribution in [1.29, 1.82) is 0 Å². The number of anilines is 1. The van der Waals surface area contributed by atoms with E-state index >= 15 is 0 Å². The van der Waals surface area contributed by atoms with Gasteiger partial charge in [-0.1, -0.05) is 57.1 Å². The molecule has 0 fully saturated rings. The Labute approximate surface area is 198 Å². The van der Waals surface area contributed by atoms with Crippen molar-refractivity contribution in [3.05, 3.63) is 91.6 Å². The molecule has 0 aliphatic rings. The molecule has 4 rings (SSSR count). The highest BCUT2D eigenvalue weighted by Gasteiger charge is 2.18. The number of aromatic nitrogens is 1. The third kappa shape index (κ3) is 4.93. The lowest BCUT2D eigenvalue weighted by Crippen LogP contribution is -2.23. The number of hydrazone groups is 1. The van der Waals surface area contributed by atoms with E-state index in [0.717, 1.165) is 14.2 Å². The first-order valence-corrected chi connectivity index (χ1v) is 11.0. The lowest BCUT2D eigenvalue weighted by atomic mass is 10.2. The summed E-state index contributed by atoms with van der Waals surface area (Å²) >= 11 is 10.8. The fourth-order valence-corrected chi connectivity index (χ4v) is 4.32. The van der Waals surface area contributed by atoms with Gasteiger partial charge in [-0.25, -0.2) is 4.98 Å². The number of halogens is 2. The van der Waals surface area contributed by atoms with Crippen LogP contribution in [0.15, 0.2) is 74.7 Å². The molecule has 0 bridgehead atoms. The summed E-state index contributed by atoms with van der Waals surface area (Å²) < 4.78 is 6.82. The van der Waals surface area contributed by atoms with E-state index in [9.17, 15) is 14.9 Å². The third-order valence-electron chi connectivity index (χ3n) is 4.13. The predicted molar refractivity (Wildman–Crippen MR) is 128 cm³/mol. The second-order valence-corrected chi connectivity index (χ2v) is 8.62. The summed E-state index contributed by atoms with van der Waals surface area (Å²) in [5, 5.41) is 16.9. The Hall–Kier alpha value is -3.34. The van der Waals surface area contributed by atoms with Gasteiger partial charge in [0, 0.05) is 15.6 Å². The van der Waals surface area contributed by atoms with Gasteiger partial charge in [0.15, 0.2) is 5.76 Å².